The molecule has 144 valence electrons. The lowest BCUT2D eigenvalue weighted by Crippen LogP contribution is -2.28. The normalized spacial score (nSPS) is 14.3. The van der Waals surface area contributed by atoms with Crippen molar-refractivity contribution in [2.45, 2.75) is 26.1 Å². The van der Waals surface area contributed by atoms with Gasteiger partial charge in [0.1, 0.15) is 17.3 Å². The number of nitrogens with zero attached hydrogens (tertiary/aromatic N) is 3. The van der Waals surface area contributed by atoms with E-state index in [1.165, 1.54) is 0 Å². The van der Waals surface area contributed by atoms with E-state index in [0.29, 0.717) is 12.2 Å². The molecule has 0 fully saturated rings. The number of phenolic OH excluding ortho intramolecular Hbond substituents is 1. The lowest BCUT2D eigenvalue weighted by molar-refractivity contribution is 0.0940. The van der Waals surface area contributed by atoms with Crippen LogP contribution in [0.4, 0.5) is 0 Å². The van der Waals surface area contributed by atoms with Crippen LogP contribution in [0.5, 0.6) is 5.75 Å². The second-order valence-corrected chi connectivity index (χ2v) is 7.08. The predicted molar refractivity (Wildman–Crippen MR) is 107 cm³/mol. The van der Waals surface area contributed by atoms with Gasteiger partial charge in [-0.1, -0.05) is 42.5 Å². The molecule has 1 aromatic heterocycles. The molecule has 0 atom stereocenters. The Kier molecular flexibility index (Phi) is 5.39. The van der Waals surface area contributed by atoms with E-state index in [2.05, 4.69) is 15.2 Å². The summed E-state index contributed by atoms with van der Waals surface area (Å²) in [5.41, 5.74) is 2.77. The third-order valence-electron chi connectivity index (χ3n) is 5.07. The first-order valence-electron chi connectivity index (χ1n) is 9.56. The van der Waals surface area contributed by atoms with Gasteiger partial charge in [-0.15, -0.1) is 0 Å². The third-order valence-corrected chi connectivity index (χ3v) is 5.07. The van der Waals surface area contributed by atoms with Crippen LogP contribution in [0.25, 0.3) is 0 Å². The van der Waals surface area contributed by atoms with Crippen LogP contribution in [0.2, 0.25) is 0 Å². The smallest absolute Gasteiger partial charge is 0.269 e. The Morgan fingerprint density at radius 1 is 1.04 bits per heavy atom. The number of benzene rings is 2. The van der Waals surface area contributed by atoms with E-state index in [1.807, 2.05) is 47.0 Å². The number of phenols is 1. The monoisotopic (exact) mass is 376 g/mol. The summed E-state index contributed by atoms with van der Waals surface area (Å²) in [6.07, 6.45) is 2.48. The van der Waals surface area contributed by atoms with Crippen molar-refractivity contribution < 1.29 is 9.90 Å². The van der Waals surface area contributed by atoms with Crippen LogP contribution in [0.1, 0.15) is 27.4 Å². The molecule has 6 nitrogen and oxygen atoms in total. The number of nitrogens with one attached hydrogen (secondary N) is 1. The highest BCUT2D eigenvalue weighted by Gasteiger charge is 2.21. The Bertz CT molecular complexity index is 952. The maximum atomic E-state index is 12.7. The molecule has 0 radical (unpaired) electrons. The topological polar surface area (TPSA) is 70.4 Å². The molecule has 28 heavy (non-hydrogen) atoms. The van der Waals surface area contributed by atoms with E-state index in [4.69, 9.17) is 0 Å². The maximum absolute atomic E-state index is 12.7. The SMILES string of the molecule is O=C(NCc1ccccc1)c1cnc2n1CCN(Cc1cccc(O)c1)CC2. The Hall–Kier alpha value is -3.12. The number of carbonyl (C=O) groups excluding carboxylic acids is 1. The van der Waals surface area contributed by atoms with Crippen LogP contribution in [-0.2, 0) is 26.1 Å². The number of fused-ring (bicyclic) bond motifs is 1. The molecule has 0 unspecified atom stereocenters. The molecule has 1 aliphatic rings. The minimum Gasteiger partial charge on any atom is -0.508 e. The first-order valence-corrected chi connectivity index (χ1v) is 9.56. The van der Waals surface area contributed by atoms with E-state index in [1.54, 1.807) is 18.3 Å². The molecule has 6 heteroatoms. The van der Waals surface area contributed by atoms with Gasteiger partial charge in [-0.05, 0) is 23.3 Å². The Labute approximate surface area is 164 Å². The lowest BCUT2D eigenvalue weighted by atomic mass is 10.2. The van der Waals surface area contributed by atoms with Gasteiger partial charge in [-0.25, -0.2) is 4.98 Å². The van der Waals surface area contributed by atoms with Crippen LogP contribution in [0, 0.1) is 0 Å². The molecule has 1 aliphatic heterocycles. The van der Waals surface area contributed by atoms with Crippen LogP contribution in [0.15, 0.2) is 60.8 Å². The number of amides is 1. The number of imidazole rings is 1. The van der Waals surface area contributed by atoms with Gasteiger partial charge >= 0.3 is 0 Å². The Morgan fingerprint density at radius 3 is 2.68 bits per heavy atom. The van der Waals surface area contributed by atoms with Gasteiger partial charge in [-0.3, -0.25) is 9.69 Å². The molecule has 0 aliphatic carbocycles. The van der Waals surface area contributed by atoms with E-state index in [9.17, 15) is 9.90 Å². The highest BCUT2D eigenvalue weighted by molar-refractivity contribution is 5.92. The lowest BCUT2D eigenvalue weighted by Gasteiger charge is -2.19. The van der Waals surface area contributed by atoms with Crippen LogP contribution >= 0.6 is 0 Å². The van der Waals surface area contributed by atoms with Gasteiger partial charge in [-0.2, -0.15) is 0 Å². The minimum absolute atomic E-state index is 0.0935. The number of hydrogen-bond donors (Lipinski definition) is 2. The van der Waals surface area contributed by atoms with Crippen molar-refractivity contribution in [2.24, 2.45) is 0 Å². The molecule has 0 saturated heterocycles. The standard InChI is InChI=1S/C22H24N4O2/c27-19-8-4-7-18(13-19)16-25-10-9-21-23-15-20(26(21)12-11-25)22(28)24-14-17-5-2-1-3-6-17/h1-8,13,15,27H,9-12,14,16H2,(H,24,28). The first-order chi connectivity index (χ1) is 13.7. The van der Waals surface area contributed by atoms with Crippen molar-refractivity contribution in [3.8, 4) is 5.75 Å². The number of hydrogen-bond acceptors (Lipinski definition) is 4. The minimum atomic E-state index is -0.0935. The summed E-state index contributed by atoms with van der Waals surface area (Å²) < 4.78 is 2.03. The van der Waals surface area contributed by atoms with Crippen molar-refractivity contribution in [3.63, 3.8) is 0 Å². The third kappa shape index (κ3) is 4.23. The van der Waals surface area contributed by atoms with Gasteiger partial charge in [0.25, 0.3) is 5.91 Å². The van der Waals surface area contributed by atoms with E-state index >= 15 is 0 Å². The number of aromatic hydroxyl groups is 1. The summed E-state index contributed by atoms with van der Waals surface area (Å²) in [6, 6.07) is 17.3. The Morgan fingerprint density at radius 2 is 1.86 bits per heavy atom. The molecular formula is C22H24N4O2. The fourth-order valence-electron chi connectivity index (χ4n) is 3.60. The van der Waals surface area contributed by atoms with Crippen LogP contribution in [0.3, 0.4) is 0 Å². The van der Waals surface area contributed by atoms with Crippen molar-refractivity contribution in [1.82, 2.24) is 19.8 Å². The average molecular weight is 376 g/mol. The second-order valence-electron chi connectivity index (χ2n) is 7.08. The fraction of sp³-hybridized carbons (Fsp3) is 0.273. The molecule has 0 spiro atoms. The largest absolute Gasteiger partial charge is 0.508 e. The van der Waals surface area contributed by atoms with Crippen molar-refractivity contribution in [3.05, 3.63) is 83.4 Å². The summed E-state index contributed by atoms with van der Waals surface area (Å²) in [4.78, 5) is 19.5. The molecule has 3 aromatic rings. The van der Waals surface area contributed by atoms with E-state index in [-0.39, 0.29) is 11.7 Å². The number of rotatable bonds is 5. The first kappa shape index (κ1) is 18.3. The molecule has 4 rings (SSSR count). The highest BCUT2D eigenvalue weighted by Crippen LogP contribution is 2.16. The quantitative estimate of drug-likeness (QED) is 0.718. The van der Waals surface area contributed by atoms with E-state index < -0.39 is 0 Å². The second kappa shape index (κ2) is 8.27. The summed E-state index contributed by atoms with van der Waals surface area (Å²) in [5, 5.41) is 12.6. The van der Waals surface area contributed by atoms with Crippen molar-refractivity contribution in [2.75, 3.05) is 13.1 Å². The van der Waals surface area contributed by atoms with Crippen LogP contribution in [-0.4, -0.2) is 38.6 Å². The van der Waals surface area contributed by atoms with Gasteiger partial charge in [0, 0.05) is 39.1 Å². The molecule has 0 saturated carbocycles. The fourth-order valence-corrected chi connectivity index (χ4v) is 3.60. The van der Waals surface area contributed by atoms with Gasteiger partial charge < -0.3 is 15.0 Å². The van der Waals surface area contributed by atoms with Gasteiger partial charge in [0.05, 0.1) is 6.20 Å². The van der Waals surface area contributed by atoms with E-state index in [0.717, 1.165) is 49.6 Å². The van der Waals surface area contributed by atoms with Crippen molar-refractivity contribution >= 4 is 5.91 Å². The number of carbonyl (C=O) groups is 1. The molecule has 0 bridgehead atoms. The molecular weight excluding hydrogens is 352 g/mol. The predicted octanol–water partition coefficient (Wildman–Crippen LogP) is 2.58. The zero-order valence-electron chi connectivity index (χ0n) is 15.7. The van der Waals surface area contributed by atoms with Gasteiger partial charge in [0.15, 0.2) is 0 Å². The van der Waals surface area contributed by atoms with Crippen molar-refractivity contribution in [1.29, 1.82) is 0 Å². The zero-order chi connectivity index (χ0) is 19.3. The Balaban J connectivity index is 1.39. The average Bonchev–Trinajstić information content (AvgIpc) is 3.02. The van der Waals surface area contributed by atoms with Crippen LogP contribution < -0.4 is 5.32 Å². The summed E-state index contributed by atoms with van der Waals surface area (Å²) >= 11 is 0. The molecule has 2 aromatic carbocycles. The maximum Gasteiger partial charge on any atom is 0.269 e. The highest BCUT2D eigenvalue weighted by atomic mass is 16.3. The zero-order valence-corrected chi connectivity index (χ0v) is 15.7. The number of aromatic nitrogens is 2. The molecule has 1 amide bonds. The molecule has 2 heterocycles. The summed E-state index contributed by atoms with van der Waals surface area (Å²) in [7, 11) is 0. The molecule has 2 N–H and O–H groups in total. The summed E-state index contributed by atoms with van der Waals surface area (Å²) in [5.74, 6) is 1.14. The van der Waals surface area contributed by atoms with Gasteiger partial charge in [0.2, 0.25) is 0 Å². The summed E-state index contributed by atoms with van der Waals surface area (Å²) in [6.45, 7) is 3.70.